The van der Waals surface area contributed by atoms with Gasteiger partial charge in [-0.1, -0.05) is 116 Å². The number of phenolic OH excluding ortho intramolecular Hbond substituents is 1. The molecule has 0 saturated heterocycles. The zero-order valence-electron chi connectivity index (χ0n) is 84.8. The fourth-order valence-corrected chi connectivity index (χ4v) is 35.6. The minimum atomic E-state index is -2.73. The molecular weight excluding hydrogens is 2650 g/mol. The van der Waals surface area contributed by atoms with Gasteiger partial charge in [0.1, 0.15) is 101 Å². The standard InChI is InChI=1S/C19H22FNO.C18H19BrFNO.C18H19FINO.C18H19FNO.C10H13N.2C8H7BrFIO.C6H4BrIO.3C4H9.Sn/c1-15-14-17(8-11-19(15)22-13-12-20)5-4-16-6-9-18(10-7-16)21(2)3;1-21(2)16-8-5-14(6-9-16)3-4-15-7-10-18(17(19)13-15)22-12-11-20;1-21(2)16-8-5-14(6-9-16)3-4-15-7-10-18(17(20)13-15)22-12-11-19;1-20(2)17-9-5-15(6-10-17)3-4-16-7-11-18(12-8-16)21-14-13-19;1-4-9-5-7-10(8-6-9)11(2)3;2*9-7-5-6(11)1-2-8(7)12-4-3-10;7-5-3-4(8)1-2-6(5)9;3*1-3-4-2;/h4-11,14H,12-13H2,1-3H3;2*3-10,13H,11-12H2,1-2H3;3-11H,13-14H2,1-2H3;4-8H,1H2,2-3H3;2*1-2,5H,3-4H2;1-3,9H;3*1,3-4H2,2H3;/b5-4+;3*4-3+;;;;;;;;. The van der Waals surface area contributed by atoms with Gasteiger partial charge in [-0.05, 0) is 345 Å². The molecule has 12 rings (SSSR count). The van der Waals surface area contributed by atoms with Crippen molar-refractivity contribution in [3.05, 3.63) is 343 Å². The van der Waals surface area contributed by atoms with E-state index in [4.69, 9.17) is 33.5 Å². The third-order valence-corrected chi connectivity index (χ3v) is 42.5. The summed E-state index contributed by atoms with van der Waals surface area (Å²) in [6.07, 6.45) is 26.2. The second-order valence-electron chi connectivity index (χ2n) is 33.7. The van der Waals surface area contributed by atoms with Gasteiger partial charge in [0.25, 0.3) is 0 Å². The van der Waals surface area contributed by atoms with E-state index in [9.17, 15) is 26.3 Å². The Hall–Kier alpha value is -7.84. The summed E-state index contributed by atoms with van der Waals surface area (Å²) >= 11 is 19.3. The molecule has 0 heterocycles. The monoisotopic (exact) mass is 2780 g/mol. The van der Waals surface area contributed by atoms with Gasteiger partial charge in [-0.15, -0.1) is 0 Å². The van der Waals surface area contributed by atoms with Crippen LogP contribution < -0.4 is 56.5 Å². The third kappa shape index (κ3) is 49.1. The van der Waals surface area contributed by atoms with Crippen LogP contribution in [0.25, 0.3) is 54.7 Å². The van der Waals surface area contributed by atoms with Crippen molar-refractivity contribution in [2.24, 2.45) is 0 Å². The molecule has 0 unspecified atom stereocenters. The van der Waals surface area contributed by atoms with Gasteiger partial charge >= 0.3 is 213 Å². The average molecular weight is 2790 g/mol. The Morgan fingerprint density at radius 2 is 0.535 bits per heavy atom. The maximum absolute atomic E-state index is 13.1. The number of aromatic hydroxyl groups is 1. The van der Waals surface area contributed by atoms with Crippen molar-refractivity contribution in [1.29, 1.82) is 0 Å². The largest absolute Gasteiger partial charge is 0.507 e. The second kappa shape index (κ2) is 72.5. The fourth-order valence-electron chi connectivity index (χ4n) is 13.7. The van der Waals surface area contributed by atoms with Crippen LogP contribution >= 0.6 is 154 Å². The van der Waals surface area contributed by atoms with Crippen LogP contribution in [0.4, 0.5) is 54.8 Å². The van der Waals surface area contributed by atoms with E-state index in [2.05, 4.69) is 402 Å². The number of halogens is 14. The van der Waals surface area contributed by atoms with E-state index in [1.807, 2.05) is 179 Å². The summed E-state index contributed by atoms with van der Waals surface area (Å²) in [4.78, 5) is 10.4. The summed E-state index contributed by atoms with van der Waals surface area (Å²) < 4.78 is 118. The first-order valence-electron chi connectivity index (χ1n) is 47.4. The molecule has 0 aliphatic carbocycles. The Morgan fingerprint density at radius 1 is 0.292 bits per heavy atom. The Kier molecular flexibility index (Phi) is 63.8. The first-order valence-corrected chi connectivity index (χ1v) is 62.4. The molecule has 0 saturated carbocycles. The normalized spacial score (nSPS) is 10.8. The number of anilines is 5. The van der Waals surface area contributed by atoms with Crippen molar-refractivity contribution in [3.63, 3.8) is 0 Å². The molecule has 1 N–H and O–H groups in total. The number of alkyl halides is 6. The van der Waals surface area contributed by atoms with Crippen LogP contribution in [0.15, 0.2) is 273 Å². The molecule has 0 fully saturated rings. The number of phenols is 1. The predicted octanol–water partition coefficient (Wildman–Crippen LogP) is 34.8. The summed E-state index contributed by atoms with van der Waals surface area (Å²) in [7, 11) is 20.3. The van der Waals surface area contributed by atoms with Gasteiger partial charge in [0, 0.05) is 89.8 Å². The van der Waals surface area contributed by atoms with Crippen molar-refractivity contribution < 1.29 is 59.9 Å². The van der Waals surface area contributed by atoms with Gasteiger partial charge in [-0.3, -0.25) is 0 Å². The van der Waals surface area contributed by atoms with Gasteiger partial charge in [0.15, 0.2) is 0 Å². The van der Waals surface area contributed by atoms with Crippen LogP contribution in [0.5, 0.6) is 40.2 Å². The Morgan fingerprint density at radius 3 is 0.819 bits per heavy atom. The van der Waals surface area contributed by atoms with Gasteiger partial charge < -0.3 is 48.4 Å². The van der Waals surface area contributed by atoms with E-state index in [0.29, 0.717) is 17.2 Å². The molecule has 0 aromatic heterocycles. The summed E-state index contributed by atoms with van der Waals surface area (Å²) in [6.45, 7) is 10.4. The maximum Gasteiger partial charge on any atom is 0.133 e. The van der Waals surface area contributed by atoms with Gasteiger partial charge in [0.2, 0.25) is 0 Å². The molecule has 774 valence electrons. The molecule has 0 spiro atoms. The summed E-state index contributed by atoms with van der Waals surface area (Å²) in [6, 6.07) is 82.9. The van der Waals surface area contributed by atoms with E-state index in [1.165, 1.54) is 95.0 Å². The number of rotatable bonds is 42. The van der Waals surface area contributed by atoms with Crippen LogP contribution in [0.1, 0.15) is 115 Å². The maximum atomic E-state index is 13.1. The van der Waals surface area contributed by atoms with E-state index in [-0.39, 0.29) is 45.4 Å². The molecule has 0 radical (unpaired) electrons. The number of hydrogen-bond acceptors (Lipinski definition) is 12. The molecular formula is C117H137Br4F6I4N5O7Sn. The fraction of sp³-hybridized carbons (Fsp3) is 0.299. The zero-order valence-corrected chi connectivity index (χ0v) is 103. The predicted molar refractivity (Wildman–Crippen MR) is 656 cm³/mol. The second-order valence-corrected chi connectivity index (χ2v) is 55.1. The molecule has 0 aliphatic rings. The van der Waals surface area contributed by atoms with Gasteiger partial charge in [-0.2, -0.15) is 0 Å². The van der Waals surface area contributed by atoms with E-state index >= 15 is 0 Å². The number of hydrogen-bond donors (Lipinski definition) is 1. The molecule has 144 heavy (non-hydrogen) atoms. The van der Waals surface area contributed by atoms with Crippen LogP contribution in [-0.2, 0) is 0 Å². The van der Waals surface area contributed by atoms with Gasteiger partial charge in [-0.25, -0.2) is 22.0 Å². The topological polar surface area (TPSA) is 91.8 Å². The molecule has 0 bridgehead atoms. The Labute approximate surface area is 945 Å². The molecule has 0 atom stereocenters. The van der Waals surface area contributed by atoms with Crippen molar-refractivity contribution in [2.75, 3.05) is 175 Å². The van der Waals surface area contributed by atoms with Gasteiger partial charge in [0.05, 0.1) is 21.5 Å². The van der Waals surface area contributed by atoms with Crippen molar-refractivity contribution in [3.8, 4) is 40.2 Å². The Balaban J connectivity index is 0.000000300. The molecule has 27 heteroatoms. The zero-order chi connectivity index (χ0) is 106. The number of unbranched alkanes of at least 4 members (excludes halogenated alkanes) is 3. The van der Waals surface area contributed by atoms with E-state index < -0.39 is 58.4 Å². The minimum absolute atomic E-state index is 0.0754. The van der Waals surface area contributed by atoms with Crippen molar-refractivity contribution >= 4 is 259 Å². The number of benzene rings is 12. The van der Waals surface area contributed by atoms with E-state index in [1.54, 1.807) is 6.07 Å². The van der Waals surface area contributed by atoms with Crippen molar-refractivity contribution in [1.82, 2.24) is 0 Å². The number of ether oxygens (including phenoxy) is 6. The van der Waals surface area contributed by atoms with Crippen LogP contribution in [0.2, 0.25) is 13.3 Å². The summed E-state index contributed by atoms with van der Waals surface area (Å²) in [5, 5.41) is 8.99. The minimum Gasteiger partial charge on any atom is -0.507 e. The first kappa shape index (κ1) is 127. The number of aryl methyl sites for hydroxylation is 1. The molecule has 0 amide bonds. The number of nitrogens with zero attached hydrogens (tertiary/aromatic N) is 5. The van der Waals surface area contributed by atoms with Crippen LogP contribution in [-0.4, -0.2) is 174 Å². The molecule has 12 aromatic carbocycles. The van der Waals surface area contributed by atoms with Crippen molar-refractivity contribution in [2.45, 2.75) is 79.5 Å². The average Bonchev–Trinajstić information content (AvgIpc) is 0.782. The summed E-state index contributed by atoms with van der Waals surface area (Å²) in [5.41, 5.74) is 17.2. The quantitative estimate of drug-likeness (QED) is 0.0171. The smallest absolute Gasteiger partial charge is 0.133 e. The first-order chi connectivity index (χ1) is 69.2. The Bertz CT molecular complexity index is 5470. The molecule has 0 aliphatic heterocycles. The van der Waals surface area contributed by atoms with Crippen LogP contribution in [0.3, 0.4) is 0 Å². The summed E-state index contributed by atoms with van der Waals surface area (Å²) in [5.74, 6) is 4.75. The SMILES string of the molecule is C=Cc1ccc(N(C)C)cc1.CCC[CH2][Sn]([CH2]CCC)([CH2]CCC)[c]1cc(/C=C/c2ccc(N(C)C)cc2)ccc1OCCF.CN(C)c1ccc(/C=C/c2ccc(OCCF)c(Br)c2)cc1.CN(C)c1ccc(/C=C/c2ccc(OCCF)c(I)c2)cc1.Cc1cc(/C=C/c2ccc(N(C)C)cc2)ccc1OCCF.FCCOc1ccc(I)cc1Br.FCCOc1ccc(I)cc1Br.Oc1ccc(I)cc1Br. The third-order valence-electron chi connectivity index (χ3n) is 21.6. The van der Waals surface area contributed by atoms with E-state index in [0.717, 1.165) is 93.9 Å². The molecule has 12 aromatic rings. The molecule has 12 nitrogen and oxygen atoms in total. The van der Waals surface area contributed by atoms with Crippen LogP contribution in [0, 0.1) is 21.2 Å².